The summed E-state index contributed by atoms with van der Waals surface area (Å²) in [7, 11) is 1.56. The van der Waals surface area contributed by atoms with E-state index < -0.39 is 5.91 Å². The molecule has 0 atom stereocenters. The van der Waals surface area contributed by atoms with Gasteiger partial charge in [0.25, 0.3) is 5.91 Å². The van der Waals surface area contributed by atoms with Crippen LogP contribution in [0.25, 0.3) is 0 Å². The van der Waals surface area contributed by atoms with E-state index in [0.717, 1.165) is 0 Å². The van der Waals surface area contributed by atoms with Crippen molar-refractivity contribution in [3.8, 4) is 11.5 Å². The van der Waals surface area contributed by atoms with Crippen LogP contribution in [-0.4, -0.2) is 38.6 Å². The first-order valence-electron chi connectivity index (χ1n) is 7.77. The number of methoxy groups -OCH3 is 1. The lowest BCUT2D eigenvalue weighted by atomic mass is 10.2. The van der Waals surface area contributed by atoms with Gasteiger partial charge in [0.05, 0.1) is 30.8 Å². The molecule has 0 spiro atoms. The average Bonchev–Trinajstić information content (AvgIpc) is 2.63. The van der Waals surface area contributed by atoms with Gasteiger partial charge in [0.1, 0.15) is 6.61 Å². The monoisotopic (exact) mass is 396 g/mol. The van der Waals surface area contributed by atoms with Gasteiger partial charge in [-0.25, -0.2) is 0 Å². The molecule has 0 aliphatic rings. The largest absolute Gasteiger partial charge is 0.493 e. The Morgan fingerprint density at radius 3 is 2.46 bits per heavy atom. The molecule has 6 nitrogen and oxygen atoms in total. The van der Waals surface area contributed by atoms with Crippen LogP contribution in [0.5, 0.6) is 11.5 Å². The molecule has 0 aliphatic heterocycles. The van der Waals surface area contributed by atoms with Crippen molar-refractivity contribution in [2.75, 3.05) is 26.8 Å². The smallest absolute Gasteiger partial charge is 0.253 e. The highest BCUT2D eigenvalue weighted by molar-refractivity contribution is 6.36. The summed E-state index contributed by atoms with van der Waals surface area (Å²) >= 11 is 11.7. The molecule has 2 aromatic rings. The Bertz CT molecular complexity index is 784. The van der Waals surface area contributed by atoms with Crippen LogP contribution >= 0.6 is 23.2 Å². The van der Waals surface area contributed by atoms with Crippen molar-refractivity contribution >= 4 is 35.0 Å². The van der Waals surface area contributed by atoms with E-state index in [9.17, 15) is 9.59 Å². The number of amides is 2. The predicted molar refractivity (Wildman–Crippen MR) is 100 cm³/mol. The van der Waals surface area contributed by atoms with Crippen LogP contribution in [0, 0.1) is 0 Å². The quantitative estimate of drug-likeness (QED) is 0.672. The molecule has 8 heteroatoms. The summed E-state index contributed by atoms with van der Waals surface area (Å²) in [5.41, 5.74) is 0.253. The molecular formula is C18H18Cl2N2O4. The van der Waals surface area contributed by atoms with E-state index in [-0.39, 0.29) is 36.2 Å². The number of carbonyl (C=O) groups excluding carboxylic acids is 2. The summed E-state index contributed by atoms with van der Waals surface area (Å²) in [6.07, 6.45) is 0. The van der Waals surface area contributed by atoms with Crippen LogP contribution in [-0.2, 0) is 4.79 Å². The topological polar surface area (TPSA) is 76.7 Å². The summed E-state index contributed by atoms with van der Waals surface area (Å²) < 4.78 is 10.7. The number of rotatable bonds is 8. The van der Waals surface area contributed by atoms with Crippen molar-refractivity contribution in [1.82, 2.24) is 10.6 Å². The summed E-state index contributed by atoms with van der Waals surface area (Å²) in [4.78, 5) is 23.8. The van der Waals surface area contributed by atoms with Gasteiger partial charge in [-0.2, -0.15) is 0 Å². The van der Waals surface area contributed by atoms with Gasteiger partial charge in [0.15, 0.2) is 11.5 Å². The molecular weight excluding hydrogens is 379 g/mol. The third kappa shape index (κ3) is 5.82. The van der Waals surface area contributed by atoms with E-state index in [1.54, 1.807) is 25.3 Å². The zero-order valence-corrected chi connectivity index (χ0v) is 15.6. The summed E-state index contributed by atoms with van der Waals surface area (Å²) in [6.45, 7) is 0.379. The van der Waals surface area contributed by atoms with E-state index in [2.05, 4.69) is 10.6 Å². The normalized spacial score (nSPS) is 10.1. The Labute approximate surface area is 161 Å². The maximum Gasteiger partial charge on any atom is 0.253 e. The molecule has 0 fully saturated rings. The number of halogens is 2. The number of para-hydroxylation sites is 2. The van der Waals surface area contributed by atoms with Crippen molar-refractivity contribution in [2.24, 2.45) is 0 Å². The van der Waals surface area contributed by atoms with Crippen molar-refractivity contribution in [1.29, 1.82) is 0 Å². The molecule has 0 saturated heterocycles. The van der Waals surface area contributed by atoms with Gasteiger partial charge in [-0.1, -0.05) is 35.3 Å². The third-order valence-electron chi connectivity index (χ3n) is 3.34. The zero-order chi connectivity index (χ0) is 18.9. The van der Waals surface area contributed by atoms with Gasteiger partial charge < -0.3 is 20.1 Å². The molecule has 2 N–H and O–H groups in total. The molecule has 0 radical (unpaired) electrons. The first-order chi connectivity index (χ1) is 12.5. The Balaban J connectivity index is 1.71. The fraction of sp³-hybridized carbons (Fsp3) is 0.222. The van der Waals surface area contributed by atoms with Crippen LogP contribution in [0.1, 0.15) is 10.4 Å². The average molecular weight is 397 g/mol. The number of carbonyl (C=O) groups is 2. The highest BCUT2D eigenvalue weighted by Crippen LogP contribution is 2.25. The van der Waals surface area contributed by atoms with Gasteiger partial charge in [0.2, 0.25) is 5.91 Å². The number of nitrogens with one attached hydrogen (secondary N) is 2. The summed E-state index contributed by atoms with van der Waals surface area (Å²) in [6, 6.07) is 11.7. The minimum atomic E-state index is -0.452. The van der Waals surface area contributed by atoms with E-state index in [1.165, 1.54) is 12.1 Å². The maximum absolute atomic E-state index is 12.0. The molecule has 0 aliphatic carbocycles. The standard InChI is InChI=1S/C18H18Cl2N2O4/c1-25-15-4-2-3-5-16(15)26-9-8-21-17(23)11-22-18(24)13-7-6-12(19)10-14(13)20/h2-7,10H,8-9,11H2,1H3,(H,21,23)(H,22,24). The second kappa shape index (κ2) is 9.89. The Morgan fingerprint density at radius 1 is 1.04 bits per heavy atom. The number of hydrogen-bond donors (Lipinski definition) is 2. The minimum Gasteiger partial charge on any atom is -0.493 e. The molecule has 26 heavy (non-hydrogen) atoms. The van der Waals surface area contributed by atoms with Gasteiger partial charge in [-0.3, -0.25) is 9.59 Å². The Morgan fingerprint density at radius 2 is 1.77 bits per heavy atom. The van der Waals surface area contributed by atoms with E-state index in [0.29, 0.717) is 16.5 Å². The SMILES string of the molecule is COc1ccccc1OCCNC(=O)CNC(=O)c1ccc(Cl)cc1Cl. The van der Waals surface area contributed by atoms with Gasteiger partial charge in [-0.15, -0.1) is 0 Å². The lowest BCUT2D eigenvalue weighted by molar-refractivity contribution is -0.120. The summed E-state index contributed by atoms with van der Waals surface area (Å²) in [5, 5.41) is 5.80. The number of hydrogen-bond acceptors (Lipinski definition) is 4. The molecule has 2 aromatic carbocycles. The van der Waals surface area contributed by atoms with E-state index in [4.69, 9.17) is 32.7 Å². The Hall–Kier alpha value is -2.44. The van der Waals surface area contributed by atoms with Crippen LogP contribution in [0.15, 0.2) is 42.5 Å². The zero-order valence-electron chi connectivity index (χ0n) is 14.1. The van der Waals surface area contributed by atoms with Gasteiger partial charge >= 0.3 is 0 Å². The van der Waals surface area contributed by atoms with Gasteiger partial charge in [0, 0.05) is 5.02 Å². The van der Waals surface area contributed by atoms with E-state index >= 15 is 0 Å². The fourth-order valence-electron chi connectivity index (χ4n) is 2.08. The first-order valence-corrected chi connectivity index (χ1v) is 8.52. The van der Waals surface area contributed by atoms with Gasteiger partial charge in [-0.05, 0) is 30.3 Å². The highest BCUT2D eigenvalue weighted by atomic mass is 35.5. The summed E-state index contributed by atoms with van der Waals surface area (Å²) in [5.74, 6) is 0.417. The second-order valence-corrected chi connectivity index (χ2v) is 6.00. The molecule has 0 saturated carbocycles. The number of ether oxygens (including phenoxy) is 2. The lowest BCUT2D eigenvalue weighted by Crippen LogP contribution is -2.38. The minimum absolute atomic E-state index is 0.174. The molecule has 2 rings (SSSR count). The van der Waals surface area contributed by atoms with Crippen LogP contribution in [0.2, 0.25) is 10.0 Å². The third-order valence-corrected chi connectivity index (χ3v) is 3.88. The maximum atomic E-state index is 12.0. The molecule has 0 bridgehead atoms. The molecule has 138 valence electrons. The highest BCUT2D eigenvalue weighted by Gasteiger charge is 2.12. The van der Waals surface area contributed by atoms with Crippen molar-refractivity contribution < 1.29 is 19.1 Å². The first kappa shape index (κ1) is 19.9. The van der Waals surface area contributed by atoms with Crippen LogP contribution in [0.3, 0.4) is 0 Å². The molecule has 0 unspecified atom stereocenters. The predicted octanol–water partition coefficient (Wildman–Crippen LogP) is 2.93. The van der Waals surface area contributed by atoms with Crippen molar-refractivity contribution in [3.05, 3.63) is 58.1 Å². The second-order valence-electron chi connectivity index (χ2n) is 5.16. The molecule has 0 heterocycles. The van der Waals surface area contributed by atoms with Crippen LogP contribution in [0.4, 0.5) is 0 Å². The van der Waals surface area contributed by atoms with E-state index in [1.807, 2.05) is 12.1 Å². The molecule has 0 aromatic heterocycles. The van der Waals surface area contributed by atoms with Crippen molar-refractivity contribution in [3.63, 3.8) is 0 Å². The Kier molecular flexibility index (Phi) is 7.56. The lowest BCUT2D eigenvalue weighted by Gasteiger charge is -2.11. The number of benzene rings is 2. The molecule has 2 amide bonds. The van der Waals surface area contributed by atoms with Crippen LogP contribution < -0.4 is 20.1 Å². The fourth-order valence-corrected chi connectivity index (χ4v) is 2.58. The van der Waals surface area contributed by atoms with Crippen molar-refractivity contribution in [2.45, 2.75) is 0 Å².